The first-order valence-electron chi connectivity index (χ1n) is 5.96. The molecule has 1 unspecified atom stereocenters. The van der Waals surface area contributed by atoms with Gasteiger partial charge < -0.3 is 14.6 Å². The summed E-state index contributed by atoms with van der Waals surface area (Å²) in [6, 6.07) is 4.70. The van der Waals surface area contributed by atoms with Crippen molar-refractivity contribution in [2.75, 3.05) is 13.2 Å². The average Bonchev–Trinajstić information content (AvgIpc) is 2.91. The first kappa shape index (κ1) is 11.9. The minimum Gasteiger partial charge on any atom is -0.478 e. The van der Waals surface area contributed by atoms with Crippen LogP contribution in [0, 0.1) is 0 Å². The molecular formula is C13H12N2O4. The van der Waals surface area contributed by atoms with Crippen molar-refractivity contribution in [1.82, 2.24) is 9.97 Å². The maximum atomic E-state index is 10.9. The monoisotopic (exact) mass is 260 g/mol. The molecule has 2 aromatic rings. The number of fused-ring (bicyclic) bond motifs is 1. The largest absolute Gasteiger partial charge is 0.478 e. The lowest BCUT2D eigenvalue weighted by Gasteiger charge is -2.12. The number of carboxylic acids is 1. The summed E-state index contributed by atoms with van der Waals surface area (Å²) in [7, 11) is 0. The zero-order valence-electron chi connectivity index (χ0n) is 10.1. The SMILES string of the molecule is O=C(O)c1ccc2c(OC3CCOC3)ncnc2c1. The average molecular weight is 260 g/mol. The first-order chi connectivity index (χ1) is 9.24. The molecule has 0 aliphatic carbocycles. The highest BCUT2D eigenvalue weighted by molar-refractivity contribution is 5.94. The van der Waals surface area contributed by atoms with Crippen molar-refractivity contribution in [2.24, 2.45) is 0 Å². The van der Waals surface area contributed by atoms with Gasteiger partial charge in [0.05, 0.1) is 29.7 Å². The molecule has 6 nitrogen and oxygen atoms in total. The molecule has 0 saturated carbocycles. The van der Waals surface area contributed by atoms with Crippen LogP contribution in [-0.4, -0.2) is 40.4 Å². The van der Waals surface area contributed by atoms with Gasteiger partial charge in [-0.15, -0.1) is 0 Å². The summed E-state index contributed by atoms with van der Waals surface area (Å²) in [6.07, 6.45) is 2.20. The van der Waals surface area contributed by atoms with Crippen LogP contribution < -0.4 is 4.74 Å². The smallest absolute Gasteiger partial charge is 0.335 e. The van der Waals surface area contributed by atoms with E-state index in [9.17, 15) is 4.79 Å². The number of hydrogen-bond acceptors (Lipinski definition) is 5. The molecule has 1 fully saturated rings. The highest BCUT2D eigenvalue weighted by Crippen LogP contribution is 2.24. The molecule has 0 bridgehead atoms. The molecule has 19 heavy (non-hydrogen) atoms. The van der Waals surface area contributed by atoms with E-state index < -0.39 is 5.97 Å². The van der Waals surface area contributed by atoms with Crippen LogP contribution in [0.4, 0.5) is 0 Å². The van der Waals surface area contributed by atoms with Crippen molar-refractivity contribution in [3.63, 3.8) is 0 Å². The van der Waals surface area contributed by atoms with Gasteiger partial charge in [0.2, 0.25) is 5.88 Å². The van der Waals surface area contributed by atoms with Gasteiger partial charge in [-0.2, -0.15) is 0 Å². The number of aromatic carboxylic acids is 1. The Morgan fingerprint density at radius 3 is 3.05 bits per heavy atom. The fraction of sp³-hybridized carbons (Fsp3) is 0.308. The molecule has 0 amide bonds. The Labute approximate surface area is 109 Å². The van der Waals surface area contributed by atoms with Crippen molar-refractivity contribution in [2.45, 2.75) is 12.5 Å². The molecule has 0 spiro atoms. The normalized spacial score (nSPS) is 18.6. The second-order valence-electron chi connectivity index (χ2n) is 4.32. The van der Waals surface area contributed by atoms with E-state index >= 15 is 0 Å². The van der Waals surface area contributed by atoms with E-state index in [-0.39, 0.29) is 11.7 Å². The molecule has 0 radical (unpaired) electrons. The Morgan fingerprint density at radius 1 is 1.42 bits per heavy atom. The topological polar surface area (TPSA) is 81.5 Å². The molecular weight excluding hydrogens is 248 g/mol. The molecule has 1 aliphatic rings. The zero-order valence-corrected chi connectivity index (χ0v) is 10.1. The standard InChI is InChI=1S/C13H12N2O4/c16-13(17)8-1-2-10-11(5-8)14-7-15-12(10)19-9-3-4-18-6-9/h1-2,5,7,9H,3-4,6H2,(H,16,17). The second kappa shape index (κ2) is 4.81. The van der Waals surface area contributed by atoms with Crippen LogP contribution in [0.25, 0.3) is 10.9 Å². The fourth-order valence-electron chi connectivity index (χ4n) is 2.02. The van der Waals surface area contributed by atoms with Gasteiger partial charge in [0.25, 0.3) is 0 Å². The molecule has 1 N–H and O–H groups in total. The van der Waals surface area contributed by atoms with Gasteiger partial charge in [0.15, 0.2) is 0 Å². The lowest BCUT2D eigenvalue weighted by atomic mass is 10.1. The number of nitrogens with zero attached hydrogens (tertiary/aromatic N) is 2. The van der Waals surface area contributed by atoms with E-state index in [1.807, 2.05) is 0 Å². The minimum atomic E-state index is -0.979. The van der Waals surface area contributed by atoms with Crippen LogP contribution in [-0.2, 0) is 4.74 Å². The lowest BCUT2D eigenvalue weighted by Crippen LogP contribution is -2.16. The van der Waals surface area contributed by atoms with Crippen LogP contribution >= 0.6 is 0 Å². The quantitative estimate of drug-likeness (QED) is 0.900. The Kier molecular flexibility index (Phi) is 3.00. The molecule has 1 aliphatic heterocycles. The van der Waals surface area contributed by atoms with E-state index in [0.717, 1.165) is 6.42 Å². The Hall–Kier alpha value is -2.21. The lowest BCUT2D eigenvalue weighted by molar-refractivity contribution is 0.0697. The summed E-state index contributed by atoms with van der Waals surface area (Å²) >= 11 is 0. The number of benzene rings is 1. The van der Waals surface area contributed by atoms with Crippen molar-refractivity contribution in [3.8, 4) is 5.88 Å². The fourth-order valence-corrected chi connectivity index (χ4v) is 2.02. The molecule has 98 valence electrons. The van der Waals surface area contributed by atoms with Gasteiger partial charge in [-0.1, -0.05) is 0 Å². The number of hydrogen-bond donors (Lipinski definition) is 1. The van der Waals surface area contributed by atoms with Crippen molar-refractivity contribution < 1.29 is 19.4 Å². The van der Waals surface area contributed by atoms with Gasteiger partial charge in [-0.05, 0) is 18.2 Å². The summed E-state index contributed by atoms with van der Waals surface area (Å²) in [4.78, 5) is 19.1. The van der Waals surface area contributed by atoms with E-state index in [2.05, 4.69) is 9.97 Å². The number of rotatable bonds is 3. The predicted molar refractivity (Wildman–Crippen MR) is 66.3 cm³/mol. The van der Waals surface area contributed by atoms with Gasteiger partial charge in [0, 0.05) is 6.42 Å². The zero-order chi connectivity index (χ0) is 13.2. The van der Waals surface area contributed by atoms with Crippen molar-refractivity contribution in [1.29, 1.82) is 0 Å². The maximum Gasteiger partial charge on any atom is 0.335 e. The molecule has 1 saturated heterocycles. The molecule has 1 aromatic heterocycles. The van der Waals surface area contributed by atoms with Crippen LogP contribution in [0.2, 0.25) is 0 Å². The van der Waals surface area contributed by atoms with E-state index in [0.29, 0.717) is 30.0 Å². The van der Waals surface area contributed by atoms with Gasteiger partial charge >= 0.3 is 5.97 Å². The Morgan fingerprint density at radius 2 is 2.32 bits per heavy atom. The maximum absolute atomic E-state index is 10.9. The van der Waals surface area contributed by atoms with E-state index in [1.54, 1.807) is 6.07 Å². The summed E-state index contributed by atoms with van der Waals surface area (Å²) < 4.78 is 11.0. The highest BCUT2D eigenvalue weighted by Gasteiger charge is 2.19. The van der Waals surface area contributed by atoms with Gasteiger partial charge in [0.1, 0.15) is 12.4 Å². The van der Waals surface area contributed by atoms with Crippen molar-refractivity contribution >= 4 is 16.9 Å². The Bertz CT molecular complexity index is 623. The minimum absolute atomic E-state index is 0.00255. The summed E-state index contributed by atoms with van der Waals surface area (Å²) in [5.41, 5.74) is 0.755. The van der Waals surface area contributed by atoms with Crippen molar-refractivity contribution in [3.05, 3.63) is 30.1 Å². The van der Waals surface area contributed by atoms with Crippen LogP contribution in [0.5, 0.6) is 5.88 Å². The molecule has 6 heteroatoms. The summed E-state index contributed by atoms with van der Waals surface area (Å²) in [5.74, 6) is -0.510. The molecule has 1 atom stereocenters. The summed E-state index contributed by atoms with van der Waals surface area (Å²) in [6.45, 7) is 1.25. The van der Waals surface area contributed by atoms with Gasteiger partial charge in [-0.25, -0.2) is 14.8 Å². The third-order valence-electron chi connectivity index (χ3n) is 3.01. The number of carboxylic acid groups (broad SMARTS) is 1. The first-order valence-corrected chi connectivity index (χ1v) is 5.96. The third-order valence-corrected chi connectivity index (χ3v) is 3.01. The number of ether oxygens (including phenoxy) is 2. The summed E-state index contributed by atoms with van der Waals surface area (Å²) in [5, 5.41) is 9.66. The van der Waals surface area contributed by atoms with E-state index in [1.165, 1.54) is 18.5 Å². The predicted octanol–water partition coefficient (Wildman–Crippen LogP) is 1.50. The van der Waals surface area contributed by atoms with Gasteiger partial charge in [-0.3, -0.25) is 0 Å². The molecule has 3 rings (SSSR count). The third kappa shape index (κ3) is 2.34. The van der Waals surface area contributed by atoms with Crippen LogP contribution in [0.3, 0.4) is 0 Å². The number of carbonyl (C=O) groups is 1. The van der Waals surface area contributed by atoms with Crippen LogP contribution in [0.15, 0.2) is 24.5 Å². The van der Waals surface area contributed by atoms with Crippen LogP contribution in [0.1, 0.15) is 16.8 Å². The second-order valence-corrected chi connectivity index (χ2v) is 4.32. The molecule has 2 heterocycles. The molecule has 1 aromatic carbocycles. The highest BCUT2D eigenvalue weighted by atomic mass is 16.5. The Balaban J connectivity index is 1.98. The van der Waals surface area contributed by atoms with E-state index in [4.69, 9.17) is 14.6 Å². The number of aromatic nitrogens is 2.